The van der Waals surface area contributed by atoms with Crippen molar-refractivity contribution in [3.63, 3.8) is 0 Å². The van der Waals surface area contributed by atoms with Crippen molar-refractivity contribution in [3.05, 3.63) is 52.1 Å². The number of ether oxygens (including phenoxy) is 3. The lowest BCUT2D eigenvalue weighted by Crippen LogP contribution is -2.44. The predicted molar refractivity (Wildman–Crippen MR) is 122 cm³/mol. The van der Waals surface area contributed by atoms with Crippen LogP contribution in [0, 0.1) is 11.6 Å². The van der Waals surface area contributed by atoms with Gasteiger partial charge in [-0.05, 0) is 88.7 Å². The Labute approximate surface area is 200 Å². The Hall–Kier alpha value is -2.75. The fraction of sp³-hybridized carbons (Fsp3) is 0.435. The van der Waals surface area contributed by atoms with Gasteiger partial charge in [0.15, 0.2) is 11.6 Å². The number of halogens is 3. The quantitative estimate of drug-likeness (QED) is 0.427. The monoisotopic (exact) mass is 528 g/mol. The van der Waals surface area contributed by atoms with Crippen LogP contribution in [0.3, 0.4) is 0 Å². The highest BCUT2D eigenvalue weighted by Crippen LogP contribution is 2.35. The topological polar surface area (TPSA) is 78.0 Å². The van der Waals surface area contributed by atoms with Gasteiger partial charge in [-0.2, -0.15) is 4.90 Å². The number of benzene rings is 1. The number of amides is 2. The fourth-order valence-corrected chi connectivity index (χ4v) is 2.92. The number of rotatable bonds is 4. The molecule has 0 radical (unpaired) electrons. The Bertz CT molecular complexity index is 1010. The van der Waals surface area contributed by atoms with Crippen molar-refractivity contribution < 1.29 is 32.6 Å². The SMILES string of the molecule is C[C@@H](Oc1cc(Br)cnc1N(C(=O)OC(C)(C)C)C(=O)OC(C)(C)C)c1cc(F)ccc1F. The second-order valence-electron chi connectivity index (χ2n) is 9.20. The number of carbonyl (C=O) groups excluding carboxylic acids is 2. The first-order valence-corrected chi connectivity index (χ1v) is 10.9. The molecule has 2 rings (SSSR count). The van der Waals surface area contributed by atoms with E-state index in [2.05, 4.69) is 20.9 Å². The summed E-state index contributed by atoms with van der Waals surface area (Å²) in [6.45, 7) is 11.3. The van der Waals surface area contributed by atoms with Gasteiger partial charge in [-0.15, -0.1) is 0 Å². The van der Waals surface area contributed by atoms with Gasteiger partial charge in [0.25, 0.3) is 0 Å². The molecule has 180 valence electrons. The molecule has 0 spiro atoms. The summed E-state index contributed by atoms with van der Waals surface area (Å²) in [5.41, 5.74) is -1.90. The molecule has 0 aliphatic rings. The zero-order chi connectivity index (χ0) is 25.1. The van der Waals surface area contributed by atoms with E-state index in [1.165, 1.54) is 19.2 Å². The molecular weight excluding hydrogens is 502 g/mol. The van der Waals surface area contributed by atoms with Crippen molar-refractivity contribution in [2.45, 2.75) is 65.8 Å². The third kappa shape index (κ3) is 7.66. The average Bonchev–Trinajstić information content (AvgIpc) is 2.62. The number of nitrogens with zero attached hydrogens (tertiary/aromatic N) is 2. The zero-order valence-electron chi connectivity index (χ0n) is 19.5. The first-order chi connectivity index (χ1) is 15.1. The Morgan fingerprint density at radius 3 is 2.06 bits per heavy atom. The van der Waals surface area contributed by atoms with Crippen molar-refractivity contribution in [1.29, 1.82) is 0 Å². The van der Waals surface area contributed by atoms with Crippen LogP contribution in [0.15, 0.2) is 34.9 Å². The number of carbonyl (C=O) groups is 2. The van der Waals surface area contributed by atoms with Crippen LogP contribution in [0.1, 0.15) is 60.1 Å². The minimum Gasteiger partial charge on any atom is -0.482 e. The second kappa shape index (κ2) is 10.0. The van der Waals surface area contributed by atoms with Gasteiger partial charge in [0, 0.05) is 16.2 Å². The van der Waals surface area contributed by atoms with Crippen LogP contribution < -0.4 is 9.64 Å². The molecule has 0 fully saturated rings. The van der Waals surface area contributed by atoms with Gasteiger partial charge in [0.05, 0.1) is 0 Å². The highest BCUT2D eigenvalue weighted by atomic mass is 79.9. The maximum atomic E-state index is 14.3. The Kier molecular flexibility index (Phi) is 8.05. The van der Waals surface area contributed by atoms with E-state index >= 15 is 0 Å². The predicted octanol–water partition coefficient (Wildman–Crippen LogP) is 6.94. The highest BCUT2D eigenvalue weighted by molar-refractivity contribution is 9.10. The maximum Gasteiger partial charge on any atom is 0.425 e. The summed E-state index contributed by atoms with van der Waals surface area (Å²) in [5, 5.41) is 0. The van der Waals surface area contributed by atoms with Gasteiger partial charge < -0.3 is 14.2 Å². The third-order valence-electron chi connectivity index (χ3n) is 3.86. The molecule has 33 heavy (non-hydrogen) atoms. The molecule has 1 aromatic heterocycles. The molecule has 0 saturated heterocycles. The van der Waals surface area contributed by atoms with Gasteiger partial charge in [-0.1, -0.05) is 0 Å². The maximum absolute atomic E-state index is 14.3. The van der Waals surface area contributed by atoms with E-state index in [9.17, 15) is 18.4 Å². The van der Waals surface area contributed by atoms with Crippen molar-refractivity contribution in [2.75, 3.05) is 4.90 Å². The normalized spacial score (nSPS) is 12.7. The van der Waals surface area contributed by atoms with Crippen molar-refractivity contribution in [1.82, 2.24) is 4.98 Å². The molecule has 1 atom stereocenters. The second-order valence-corrected chi connectivity index (χ2v) is 10.1. The summed E-state index contributed by atoms with van der Waals surface area (Å²) in [6, 6.07) is 4.42. The van der Waals surface area contributed by atoms with Crippen molar-refractivity contribution >= 4 is 33.9 Å². The molecule has 1 aromatic carbocycles. The number of aromatic nitrogens is 1. The number of anilines is 1. The molecule has 0 aliphatic heterocycles. The number of hydrogen-bond donors (Lipinski definition) is 0. The minimum absolute atomic E-state index is 0.0537. The fourth-order valence-electron chi connectivity index (χ4n) is 2.61. The molecule has 1 heterocycles. The zero-order valence-corrected chi connectivity index (χ0v) is 21.1. The molecule has 2 amide bonds. The summed E-state index contributed by atoms with van der Waals surface area (Å²) in [6.07, 6.45) is -1.73. The standard InChI is InChI=1S/C23H27BrF2N2O5/c1-13(16-11-15(25)8-9-17(16)26)31-18-10-14(24)12-27-19(18)28(20(29)32-22(2,3)4)21(30)33-23(5,6)7/h8-13H,1-7H3/t13-/m1/s1. The first-order valence-electron chi connectivity index (χ1n) is 10.1. The van der Waals surface area contributed by atoms with E-state index in [1.807, 2.05) is 0 Å². The van der Waals surface area contributed by atoms with Gasteiger partial charge in [0.1, 0.15) is 28.9 Å². The van der Waals surface area contributed by atoms with Crippen LogP contribution in [0.2, 0.25) is 0 Å². The van der Waals surface area contributed by atoms with Crippen LogP contribution in [-0.2, 0) is 9.47 Å². The van der Waals surface area contributed by atoms with E-state index in [-0.39, 0.29) is 17.1 Å². The van der Waals surface area contributed by atoms with Crippen LogP contribution in [0.5, 0.6) is 5.75 Å². The lowest BCUT2D eigenvalue weighted by Gasteiger charge is -2.29. The van der Waals surface area contributed by atoms with Crippen LogP contribution in [0.25, 0.3) is 0 Å². The Morgan fingerprint density at radius 1 is 1.00 bits per heavy atom. The van der Waals surface area contributed by atoms with Crippen molar-refractivity contribution in [3.8, 4) is 5.75 Å². The molecule has 7 nitrogen and oxygen atoms in total. The first kappa shape index (κ1) is 26.5. The molecular formula is C23H27BrF2N2O5. The van der Waals surface area contributed by atoms with Gasteiger partial charge >= 0.3 is 12.2 Å². The van der Waals surface area contributed by atoms with Crippen molar-refractivity contribution in [2.24, 2.45) is 0 Å². The van der Waals surface area contributed by atoms with Gasteiger partial charge in [-0.25, -0.2) is 23.4 Å². The third-order valence-corrected chi connectivity index (χ3v) is 4.30. The number of hydrogen-bond acceptors (Lipinski definition) is 6. The van der Waals surface area contributed by atoms with E-state index in [0.717, 1.165) is 18.2 Å². The van der Waals surface area contributed by atoms with Gasteiger partial charge in [-0.3, -0.25) is 0 Å². The molecule has 0 unspecified atom stereocenters. The van der Waals surface area contributed by atoms with E-state index in [4.69, 9.17) is 14.2 Å². The summed E-state index contributed by atoms with van der Waals surface area (Å²) in [4.78, 5) is 30.7. The minimum atomic E-state index is -1.04. The average molecular weight is 529 g/mol. The summed E-state index contributed by atoms with van der Waals surface area (Å²) >= 11 is 3.26. The number of pyridine rings is 1. The van der Waals surface area contributed by atoms with E-state index < -0.39 is 41.1 Å². The van der Waals surface area contributed by atoms with E-state index in [1.54, 1.807) is 41.5 Å². The van der Waals surface area contributed by atoms with Crippen LogP contribution in [0.4, 0.5) is 24.2 Å². The molecule has 0 bridgehead atoms. The summed E-state index contributed by atoms with van der Waals surface area (Å²) in [7, 11) is 0. The van der Waals surface area contributed by atoms with Gasteiger partial charge in [0.2, 0.25) is 0 Å². The molecule has 0 saturated carbocycles. The Balaban J connectivity index is 2.54. The lowest BCUT2D eigenvalue weighted by atomic mass is 10.1. The molecule has 10 heteroatoms. The lowest BCUT2D eigenvalue weighted by molar-refractivity contribution is 0.0426. The van der Waals surface area contributed by atoms with E-state index in [0.29, 0.717) is 9.37 Å². The highest BCUT2D eigenvalue weighted by Gasteiger charge is 2.36. The van der Waals surface area contributed by atoms with Crippen LogP contribution in [-0.4, -0.2) is 28.4 Å². The summed E-state index contributed by atoms with van der Waals surface area (Å²) < 4.78 is 45.0. The largest absolute Gasteiger partial charge is 0.482 e. The molecule has 0 aliphatic carbocycles. The number of imide groups is 1. The summed E-state index contributed by atoms with van der Waals surface area (Å²) in [5.74, 6) is -1.61. The molecule has 2 aromatic rings. The van der Waals surface area contributed by atoms with Crippen LogP contribution >= 0.6 is 15.9 Å². The molecule has 0 N–H and O–H groups in total. The Morgan fingerprint density at radius 2 is 1.55 bits per heavy atom. The smallest absolute Gasteiger partial charge is 0.425 e.